The number of aromatic hydroxyl groups is 1. The van der Waals surface area contributed by atoms with Gasteiger partial charge in [-0.05, 0) is 38.5 Å². The Hall–Kier alpha value is -3.17. The second kappa shape index (κ2) is 9.05. The van der Waals surface area contributed by atoms with Crippen LogP contribution in [0.5, 0.6) is 11.5 Å². The van der Waals surface area contributed by atoms with Crippen LogP contribution in [0.25, 0.3) is 11.3 Å². The van der Waals surface area contributed by atoms with Gasteiger partial charge in [-0.3, -0.25) is 9.59 Å². The number of rotatable bonds is 3. The van der Waals surface area contributed by atoms with Crippen LogP contribution in [0, 0.1) is 5.82 Å². The zero-order chi connectivity index (χ0) is 25.8. The van der Waals surface area contributed by atoms with Crippen molar-refractivity contribution < 1.29 is 28.6 Å². The number of pyridine rings is 1. The highest BCUT2D eigenvalue weighted by Crippen LogP contribution is 2.48. The summed E-state index contributed by atoms with van der Waals surface area (Å²) in [5, 5.41) is 10.4. The number of nitrogens with zero attached hydrogens (tertiary/aromatic N) is 3. The number of hydrogen-bond acceptors (Lipinski definition) is 6. The molecule has 190 valence electrons. The summed E-state index contributed by atoms with van der Waals surface area (Å²) in [6.45, 7) is 8.88. The molecule has 0 aliphatic carbocycles. The Bertz CT molecular complexity index is 1250. The van der Waals surface area contributed by atoms with E-state index in [1.54, 1.807) is 9.80 Å². The van der Waals surface area contributed by atoms with E-state index in [9.17, 15) is 19.1 Å². The first-order chi connectivity index (χ1) is 17.1. The Kier molecular flexibility index (Phi) is 6.16. The van der Waals surface area contributed by atoms with Crippen molar-refractivity contribution >= 4 is 23.4 Å². The second-order valence-electron chi connectivity index (χ2n) is 9.74. The SMILES string of the molecule is C=CC(=O)N1CCN2C(=O)c3c(C4CCOC4(C)C)nc(-c4c(O)cccc4F)c(Cl)c3OC[C@H]2C1. The molecule has 2 amide bonds. The van der Waals surface area contributed by atoms with Gasteiger partial charge in [-0.25, -0.2) is 9.37 Å². The molecule has 2 aromatic rings. The van der Waals surface area contributed by atoms with E-state index in [-0.39, 0.29) is 64.2 Å². The summed E-state index contributed by atoms with van der Waals surface area (Å²) in [7, 11) is 0. The Morgan fingerprint density at radius 1 is 1.33 bits per heavy atom. The van der Waals surface area contributed by atoms with Gasteiger partial charge < -0.3 is 24.4 Å². The molecule has 3 aliphatic rings. The first kappa shape index (κ1) is 24.5. The molecular weight excluding hydrogens is 489 g/mol. The highest BCUT2D eigenvalue weighted by atomic mass is 35.5. The number of phenolic OH excluding ortho intramolecular Hbond substituents is 1. The number of piperazine rings is 1. The second-order valence-corrected chi connectivity index (χ2v) is 10.1. The molecule has 0 spiro atoms. The topological polar surface area (TPSA) is 92.2 Å². The van der Waals surface area contributed by atoms with Crippen LogP contribution in [-0.2, 0) is 9.53 Å². The van der Waals surface area contributed by atoms with Gasteiger partial charge in [0.05, 0.1) is 28.6 Å². The van der Waals surface area contributed by atoms with E-state index in [2.05, 4.69) is 6.58 Å². The predicted octanol–water partition coefficient (Wildman–Crippen LogP) is 3.76. The van der Waals surface area contributed by atoms with Crippen molar-refractivity contribution in [3.63, 3.8) is 0 Å². The first-order valence-corrected chi connectivity index (χ1v) is 12.2. The van der Waals surface area contributed by atoms with Crippen LogP contribution < -0.4 is 4.74 Å². The number of aromatic nitrogens is 1. The van der Waals surface area contributed by atoms with Crippen LogP contribution in [-0.4, -0.2) is 76.2 Å². The summed E-state index contributed by atoms with van der Waals surface area (Å²) in [5.41, 5.74) is -0.202. The van der Waals surface area contributed by atoms with Crippen LogP contribution >= 0.6 is 11.6 Å². The third-order valence-corrected chi connectivity index (χ3v) is 7.62. The summed E-state index contributed by atoms with van der Waals surface area (Å²) in [6.07, 6.45) is 1.84. The number of hydrogen-bond donors (Lipinski definition) is 1. The standard InChI is InChI=1S/C26H27ClFN3O5/c1-4-18(33)30-9-10-31-14(12-30)13-35-24-20(25(31)34)22(15-8-11-36-26(15,2)3)29-23(21(24)27)19-16(28)6-5-7-17(19)32/h4-7,14-15,32H,1,8-13H2,2-3H3/t14-,15?/m1/s1. The molecule has 0 saturated carbocycles. The minimum absolute atomic E-state index is 0.000139. The first-order valence-electron chi connectivity index (χ1n) is 11.8. The number of carbonyl (C=O) groups excluding carboxylic acids is 2. The zero-order valence-electron chi connectivity index (χ0n) is 20.1. The maximum Gasteiger partial charge on any atom is 0.260 e. The number of fused-ring (bicyclic) bond motifs is 2. The molecule has 36 heavy (non-hydrogen) atoms. The fraction of sp³-hybridized carbons (Fsp3) is 0.423. The summed E-state index contributed by atoms with van der Waals surface area (Å²) in [6, 6.07) is 3.53. The van der Waals surface area contributed by atoms with Crippen LogP contribution in [0.2, 0.25) is 5.02 Å². The Morgan fingerprint density at radius 3 is 2.78 bits per heavy atom. The van der Waals surface area contributed by atoms with Gasteiger partial charge in [0.1, 0.15) is 28.8 Å². The molecule has 1 N–H and O–H groups in total. The quantitative estimate of drug-likeness (QED) is 0.626. The maximum atomic E-state index is 14.9. The monoisotopic (exact) mass is 515 g/mol. The Balaban J connectivity index is 1.69. The Labute approximate surface area is 213 Å². The molecule has 0 radical (unpaired) electrons. The molecule has 2 saturated heterocycles. The average molecular weight is 516 g/mol. The summed E-state index contributed by atoms with van der Waals surface area (Å²) < 4.78 is 27.0. The molecular formula is C26H27ClFN3O5. The molecule has 5 rings (SSSR count). The molecule has 2 atom stereocenters. The maximum absolute atomic E-state index is 14.9. The van der Waals surface area contributed by atoms with E-state index in [1.807, 2.05) is 13.8 Å². The predicted molar refractivity (Wildman–Crippen MR) is 131 cm³/mol. The summed E-state index contributed by atoms with van der Waals surface area (Å²) in [4.78, 5) is 34.2. The fourth-order valence-electron chi connectivity index (χ4n) is 5.34. The third-order valence-electron chi connectivity index (χ3n) is 7.26. The Morgan fingerprint density at radius 2 is 2.11 bits per heavy atom. The van der Waals surface area contributed by atoms with Crippen molar-refractivity contribution in [3.8, 4) is 22.8 Å². The van der Waals surface area contributed by atoms with E-state index in [0.717, 1.165) is 0 Å². The van der Waals surface area contributed by atoms with Gasteiger partial charge in [-0.1, -0.05) is 24.2 Å². The van der Waals surface area contributed by atoms with Crippen LogP contribution in [0.1, 0.15) is 42.2 Å². The molecule has 8 nitrogen and oxygen atoms in total. The molecule has 2 fully saturated rings. The smallest absolute Gasteiger partial charge is 0.260 e. The molecule has 1 aromatic heterocycles. The minimum Gasteiger partial charge on any atom is -0.507 e. The fourth-order valence-corrected chi connectivity index (χ4v) is 5.62. The average Bonchev–Trinajstić information content (AvgIpc) is 3.13. The van der Waals surface area contributed by atoms with Crippen LogP contribution in [0.15, 0.2) is 30.9 Å². The third kappa shape index (κ3) is 3.90. The van der Waals surface area contributed by atoms with Crippen molar-refractivity contribution in [1.82, 2.24) is 14.8 Å². The molecule has 3 aliphatic heterocycles. The highest BCUT2D eigenvalue weighted by molar-refractivity contribution is 6.35. The lowest BCUT2D eigenvalue weighted by atomic mass is 9.84. The molecule has 4 heterocycles. The molecule has 1 unspecified atom stereocenters. The lowest BCUT2D eigenvalue weighted by Gasteiger charge is -2.39. The van der Waals surface area contributed by atoms with E-state index >= 15 is 0 Å². The normalized spacial score (nSPS) is 22.9. The van der Waals surface area contributed by atoms with Gasteiger partial charge in [0.25, 0.3) is 5.91 Å². The number of amides is 2. The van der Waals surface area contributed by atoms with Crippen molar-refractivity contribution in [2.24, 2.45) is 0 Å². The van der Waals surface area contributed by atoms with Gasteiger partial charge in [0.15, 0.2) is 5.75 Å². The number of ether oxygens (including phenoxy) is 2. The number of phenols is 1. The van der Waals surface area contributed by atoms with Gasteiger partial charge in [-0.2, -0.15) is 0 Å². The van der Waals surface area contributed by atoms with E-state index in [4.69, 9.17) is 26.1 Å². The van der Waals surface area contributed by atoms with Gasteiger partial charge in [0.2, 0.25) is 5.91 Å². The van der Waals surface area contributed by atoms with Gasteiger partial charge in [-0.15, -0.1) is 0 Å². The van der Waals surface area contributed by atoms with Crippen LogP contribution in [0.4, 0.5) is 4.39 Å². The van der Waals surface area contributed by atoms with E-state index in [1.165, 1.54) is 24.3 Å². The number of carbonyl (C=O) groups is 2. The largest absolute Gasteiger partial charge is 0.507 e. The highest BCUT2D eigenvalue weighted by Gasteiger charge is 2.45. The number of halogens is 2. The lowest BCUT2D eigenvalue weighted by Crippen LogP contribution is -2.57. The molecule has 0 bridgehead atoms. The van der Waals surface area contributed by atoms with Crippen molar-refractivity contribution in [3.05, 3.63) is 53.0 Å². The zero-order valence-corrected chi connectivity index (χ0v) is 20.8. The van der Waals surface area contributed by atoms with E-state index < -0.39 is 17.5 Å². The minimum atomic E-state index is -0.701. The lowest BCUT2D eigenvalue weighted by molar-refractivity contribution is -0.128. The van der Waals surface area contributed by atoms with Crippen molar-refractivity contribution in [2.75, 3.05) is 32.8 Å². The summed E-state index contributed by atoms with van der Waals surface area (Å²) >= 11 is 6.75. The van der Waals surface area contributed by atoms with Crippen LogP contribution in [0.3, 0.4) is 0 Å². The molecule has 1 aromatic carbocycles. The molecule has 10 heteroatoms. The van der Waals surface area contributed by atoms with Crippen molar-refractivity contribution in [2.45, 2.75) is 37.8 Å². The van der Waals surface area contributed by atoms with Gasteiger partial charge >= 0.3 is 0 Å². The van der Waals surface area contributed by atoms with Gasteiger partial charge in [0, 0.05) is 32.2 Å². The van der Waals surface area contributed by atoms with E-state index in [0.29, 0.717) is 31.8 Å². The van der Waals surface area contributed by atoms with Crippen molar-refractivity contribution in [1.29, 1.82) is 0 Å². The number of benzene rings is 1. The summed E-state index contributed by atoms with van der Waals surface area (Å²) in [5.74, 6) is -1.76.